The summed E-state index contributed by atoms with van der Waals surface area (Å²) in [5.74, 6) is -0.450. The van der Waals surface area contributed by atoms with Crippen molar-refractivity contribution < 1.29 is 14.0 Å². The minimum absolute atomic E-state index is 0.0297. The molecule has 2 heterocycles. The van der Waals surface area contributed by atoms with Gasteiger partial charge in [0.25, 0.3) is 0 Å². The number of aryl methyl sites for hydroxylation is 1. The standard InChI is InChI=1S/C29H35FN4O2S/c1-23-10-15-27(37-23)21-34(20-24-11-13-25(30)14-12-24)28(35)22-33(19-18-32-16-6-3-7-17-32)29(36)31-26-8-4-2-5-9-26/h2,4-5,8-15H,3,6-7,16-22H2,1H3,(H,31,36). The van der Waals surface area contributed by atoms with E-state index in [2.05, 4.69) is 10.2 Å². The Morgan fingerprint density at radius 1 is 0.919 bits per heavy atom. The van der Waals surface area contributed by atoms with Gasteiger partial charge in [-0.3, -0.25) is 4.79 Å². The van der Waals surface area contributed by atoms with Crippen molar-refractivity contribution in [2.24, 2.45) is 0 Å². The maximum atomic E-state index is 13.7. The van der Waals surface area contributed by atoms with E-state index in [0.29, 0.717) is 25.3 Å². The quantitative estimate of drug-likeness (QED) is 0.369. The van der Waals surface area contributed by atoms with Crippen LogP contribution in [0.3, 0.4) is 0 Å². The first-order valence-corrected chi connectivity index (χ1v) is 13.7. The maximum Gasteiger partial charge on any atom is 0.322 e. The number of urea groups is 1. The molecule has 196 valence electrons. The number of hydrogen-bond donors (Lipinski definition) is 1. The normalized spacial score (nSPS) is 13.8. The number of thiophene rings is 1. The lowest BCUT2D eigenvalue weighted by atomic mass is 10.1. The van der Waals surface area contributed by atoms with Crippen LogP contribution in [0.4, 0.5) is 14.9 Å². The lowest BCUT2D eigenvalue weighted by molar-refractivity contribution is -0.133. The predicted octanol–water partition coefficient (Wildman–Crippen LogP) is 5.74. The Labute approximate surface area is 222 Å². The largest absolute Gasteiger partial charge is 0.332 e. The van der Waals surface area contributed by atoms with E-state index in [-0.39, 0.29) is 24.3 Å². The summed E-state index contributed by atoms with van der Waals surface area (Å²) in [4.78, 5) is 34.9. The molecule has 1 aliphatic heterocycles. The molecule has 3 aromatic rings. The summed E-state index contributed by atoms with van der Waals surface area (Å²) in [5.41, 5.74) is 1.54. The van der Waals surface area contributed by atoms with Crippen LogP contribution in [0.2, 0.25) is 0 Å². The molecular weight excluding hydrogens is 487 g/mol. The number of para-hydroxylation sites is 1. The molecule has 1 N–H and O–H groups in total. The van der Waals surface area contributed by atoms with Gasteiger partial charge in [-0.15, -0.1) is 11.3 Å². The summed E-state index contributed by atoms with van der Waals surface area (Å²) in [6, 6.07) is 19.3. The van der Waals surface area contributed by atoms with Gasteiger partial charge in [-0.1, -0.05) is 36.8 Å². The van der Waals surface area contributed by atoms with Crippen molar-refractivity contribution in [3.05, 3.63) is 87.9 Å². The Bertz CT molecular complexity index is 1150. The molecule has 1 fully saturated rings. The third-order valence-electron chi connectivity index (χ3n) is 6.56. The van der Waals surface area contributed by atoms with E-state index in [1.807, 2.05) is 49.4 Å². The SMILES string of the molecule is Cc1ccc(CN(Cc2ccc(F)cc2)C(=O)CN(CCN2CCCCC2)C(=O)Nc2ccccc2)s1. The van der Waals surface area contributed by atoms with Crippen molar-refractivity contribution in [3.63, 3.8) is 0 Å². The highest BCUT2D eigenvalue weighted by Gasteiger charge is 2.23. The maximum absolute atomic E-state index is 13.7. The van der Waals surface area contributed by atoms with Gasteiger partial charge in [-0.05, 0) is 74.8 Å². The monoisotopic (exact) mass is 522 g/mol. The molecule has 4 rings (SSSR count). The summed E-state index contributed by atoms with van der Waals surface area (Å²) >= 11 is 1.65. The number of nitrogens with one attached hydrogen (secondary N) is 1. The number of halogens is 1. The zero-order valence-electron chi connectivity index (χ0n) is 21.4. The Hall–Kier alpha value is -3.23. The van der Waals surface area contributed by atoms with Crippen LogP contribution in [0, 0.1) is 12.7 Å². The smallest absolute Gasteiger partial charge is 0.322 e. The molecule has 0 radical (unpaired) electrons. The molecule has 6 nitrogen and oxygen atoms in total. The van der Waals surface area contributed by atoms with Crippen molar-refractivity contribution >= 4 is 29.0 Å². The molecule has 1 aliphatic rings. The number of rotatable bonds is 10. The van der Waals surface area contributed by atoms with Crippen molar-refractivity contribution in [2.45, 2.75) is 39.3 Å². The first-order valence-electron chi connectivity index (χ1n) is 12.9. The molecule has 0 bridgehead atoms. The lowest BCUT2D eigenvalue weighted by Crippen LogP contribution is -2.47. The first-order chi connectivity index (χ1) is 18.0. The van der Waals surface area contributed by atoms with Crippen LogP contribution in [0.1, 0.15) is 34.6 Å². The number of hydrogen-bond acceptors (Lipinski definition) is 4. The van der Waals surface area contributed by atoms with Crippen LogP contribution < -0.4 is 5.32 Å². The molecule has 2 aromatic carbocycles. The van der Waals surface area contributed by atoms with E-state index in [1.54, 1.807) is 33.3 Å². The highest BCUT2D eigenvalue weighted by Crippen LogP contribution is 2.19. The van der Waals surface area contributed by atoms with Crippen molar-refractivity contribution in [3.8, 4) is 0 Å². The average molecular weight is 523 g/mol. The molecule has 8 heteroatoms. The Morgan fingerprint density at radius 2 is 1.65 bits per heavy atom. The molecule has 0 atom stereocenters. The van der Waals surface area contributed by atoms with Gasteiger partial charge < -0.3 is 20.0 Å². The molecule has 37 heavy (non-hydrogen) atoms. The second-order valence-electron chi connectivity index (χ2n) is 9.51. The number of nitrogens with zero attached hydrogens (tertiary/aromatic N) is 3. The third-order valence-corrected chi connectivity index (χ3v) is 7.54. The zero-order chi connectivity index (χ0) is 26.0. The van der Waals surface area contributed by atoms with E-state index in [4.69, 9.17) is 0 Å². The summed E-state index contributed by atoms with van der Waals surface area (Å²) in [6.45, 7) is 6.04. The van der Waals surface area contributed by atoms with Crippen LogP contribution in [-0.4, -0.2) is 59.4 Å². The van der Waals surface area contributed by atoms with Gasteiger partial charge >= 0.3 is 6.03 Å². The number of benzene rings is 2. The van der Waals surface area contributed by atoms with E-state index >= 15 is 0 Å². The van der Waals surface area contributed by atoms with Crippen molar-refractivity contribution in [1.82, 2.24) is 14.7 Å². The van der Waals surface area contributed by atoms with Crippen LogP contribution >= 0.6 is 11.3 Å². The number of piperidine rings is 1. The summed E-state index contributed by atoms with van der Waals surface area (Å²) in [7, 11) is 0. The van der Waals surface area contributed by atoms with Crippen LogP contribution in [-0.2, 0) is 17.9 Å². The number of carbonyl (C=O) groups excluding carboxylic acids is 2. The van der Waals surface area contributed by atoms with Gasteiger partial charge in [-0.2, -0.15) is 0 Å². The Balaban J connectivity index is 1.49. The summed E-state index contributed by atoms with van der Waals surface area (Å²) in [5, 5.41) is 2.94. The van der Waals surface area contributed by atoms with E-state index in [9.17, 15) is 14.0 Å². The van der Waals surface area contributed by atoms with E-state index < -0.39 is 0 Å². The van der Waals surface area contributed by atoms with Gasteiger partial charge in [0.2, 0.25) is 5.91 Å². The summed E-state index contributed by atoms with van der Waals surface area (Å²) in [6.07, 6.45) is 3.58. The minimum Gasteiger partial charge on any atom is -0.332 e. The van der Waals surface area contributed by atoms with Gasteiger partial charge in [0, 0.05) is 35.1 Å². The number of likely N-dealkylation sites (tertiary alicyclic amines) is 1. The van der Waals surface area contributed by atoms with Gasteiger partial charge in [-0.25, -0.2) is 9.18 Å². The van der Waals surface area contributed by atoms with Crippen molar-refractivity contribution in [2.75, 3.05) is 38.0 Å². The highest BCUT2D eigenvalue weighted by atomic mass is 32.1. The van der Waals surface area contributed by atoms with Crippen molar-refractivity contribution in [1.29, 1.82) is 0 Å². The van der Waals surface area contributed by atoms with Crippen LogP contribution in [0.5, 0.6) is 0 Å². The fraction of sp³-hybridized carbons (Fsp3) is 0.379. The molecule has 0 saturated carbocycles. The molecule has 0 spiro atoms. The predicted molar refractivity (Wildman–Crippen MR) is 147 cm³/mol. The molecule has 1 aromatic heterocycles. The fourth-order valence-corrected chi connectivity index (χ4v) is 5.39. The number of carbonyl (C=O) groups is 2. The first kappa shape index (κ1) is 26.8. The molecular formula is C29H35FN4O2S. The minimum atomic E-state index is -0.308. The van der Waals surface area contributed by atoms with Crippen LogP contribution in [0.15, 0.2) is 66.7 Å². The van der Waals surface area contributed by atoms with Gasteiger partial charge in [0.1, 0.15) is 12.4 Å². The van der Waals surface area contributed by atoms with Gasteiger partial charge in [0.15, 0.2) is 0 Å². The average Bonchev–Trinajstić information content (AvgIpc) is 3.32. The van der Waals surface area contributed by atoms with E-state index in [0.717, 1.165) is 30.1 Å². The second kappa shape index (κ2) is 13.4. The molecule has 1 saturated heterocycles. The number of anilines is 1. The van der Waals surface area contributed by atoms with Gasteiger partial charge in [0.05, 0.1) is 6.54 Å². The van der Waals surface area contributed by atoms with Crippen LogP contribution in [0.25, 0.3) is 0 Å². The fourth-order valence-electron chi connectivity index (χ4n) is 4.49. The Morgan fingerprint density at radius 3 is 2.32 bits per heavy atom. The molecule has 0 aliphatic carbocycles. The summed E-state index contributed by atoms with van der Waals surface area (Å²) < 4.78 is 13.5. The zero-order valence-corrected chi connectivity index (χ0v) is 22.2. The molecule has 3 amide bonds. The van der Waals surface area contributed by atoms with E-state index in [1.165, 1.54) is 36.3 Å². The Kier molecular flexibility index (Phi) is 9.68. The second-order valence-corrected chi connectivity index (χ2v) is 10.9. The highest BCUT2D eigenvalue weighted by molar-refractivity contribution is 7.11. The lowest BCUT2D eigenvalue weighted by Gasteiger charge is -2.31. The number of amides is 3. The molecule has 0 unspecified atom stereocenters. The topological polar surface area (TPSA) is 55.9 Å². The third kappa shape index (κ3) is 8.40.